The highest BCUT2D eigenvalue weighted by Gasteiger charge is 2.56. The number of carbonyl (C=O) groups excluding carboxylic acids is 2. The fourth-order valence-electron chi connectivity index (χ4n) is 1.72. The van der Waals surface area contributed by atoms with Gasteiger partial charge in [-0.1, -0.05) is 0 Å². The lowest BCUT2D eigenvalue weighted by molar-refractivity contribution is -0.884. The van der Waals surface area contributed by atoms with Crippen molar-refractivity contribution in [3.63, 3.8) is 0 Å². The maximum atomic E-state index is 12.6. The first kappa shape index (κ1) is 22.9. The summed E-state index contributed by atoms with van der Waals surface area (Å²) in [5.41, 5.74) is 0. The van der Waals surface area contributed by atoms with Crippen LogP contribution in [0.25, 0.3) is 0 Å². The Morgan fingerprint density at radius 2 is 1.75 bits per heavy atom. The van der Waals surface area contributed by atoms with E-state index in [0.717, 1.165) is 0 Å². The lowest BCUT2D eigenvalue weighted by atomic mass is 10.2. The van der Waals surface area contributed by atoms with Gasteiger partial charge in [0.1, 0.15) is 6.54 Å². The topological polar surface area (TPSA) is 69.2 Å². The summed E-state index contributed by atoms with van der Waals surface area (Å²) in [6.07, 6.45) is -6.46. The van der Waals surface area contributed by atoms with Crippen molar-refractivity contribution in [1.82, 2.24) is 5.32 Å². The number of aliphatic carboxylic acids is 1. The number of rotatable bonds is 11. The van der Waals surface area contributed by atoms with Crippen molar-refractivity contribution in [3.05, 3.63) is 0 Å². The van der Waals surface area contributed by atoms with Crippen LogP contribution in [0.5, 0.6) is 0 Å². The Labute approximate surface area is 141 Å². The number of thioether (sulfide) groups is 1. The van der Waals surface area contributed by atoms with E-state index in [9.17, 15) is 36.6 Å². The minimum absolute atomic E-state index is 0.169. The minimum Gasteiger partial charge on any atom is -0.544 e. The van der Waals surface area contributed by atoms with Crippen molar-refractivity contribution in [1.29, 1.82) is 0 Å². The molecule has 1 amide bonds. The predicted molar refractivity (Wildman–Crippen MR) is 77.4 cm³/mol. The Balaban J connectivity index is 3.84. The van der Waals surface area contributed by atoms with Gasteiger partial charge in [0, 0.05) is 19.4 Å². The van der Waals surface area contributed by atoms with E-state index in [1.165, 1.54) is 0 Å². The normalized spacial score (nSPS) is 13.0. The van der Waals surface area contributed by atoms with E-state index < -0.39 is 36.1 Å². The smallest absolute Gasteiger partial charge is 0.453 e. The summed E-state index contributed by atoms with van der Waals surface area (Å²) in [5, 5.41) is 13.0. The molecule has 0 unspecified atom stereocenters. The molecule has 0 aromatic carbocycles. The Kier molecular flexibility index (Phi) is 8.97. The van der Waals surface area contributed by atoms with E-state index in [1.54, 1.807) is 14.1 Å². The molecular weight excluding hydrogens is 359 g/mol. The van der Waals surface area contributed by atoms with Crippen molar-refractivity contribution in [3.8, 4) is 0 Å². The lowest BCUT2D eigenvalue weighted by Gasteiger charge is -2.30. The zero-order chi connectivity index (χ0) is 19.0. The summed E-state index contributed by atoms with van der Waals surface area (Å²) in [6.45, 7) is 0.559. The van der Waals surface area contributed by atoms with E-state index in [-0.39, 0.29) is 23.3 Å². The van der Waals surface area contributed by atoms with Crippen LogP contribution in [0.2, 0.25) is 0 Å². The first-order valence-electron chi connectivity index (χ1n) is 7.08. The van der Waals surface area contributed by atoms with Gasteiger partial charge in [-0.25, -0.2) is 0 Å². The summed E-state index contributed by atoms with van der Waals surface area (Å²) in [5.74, 6) is -7.11. The maximum absolute atomic E-state index is 12.6. The number of hydrogen-bond acceptors (Lipinski definition) is 4. The molecule has 142 valence electrons. The molecule has 0 atom stereocenters. The molecular formula is C13H21F5N2O3S. The monoisotopic (exact) mass is 380 g/mol. The molecule has 0 aromatic rings. The average molecular weight is 380 g/mol. The van der Waals surface area contributed by atoms with Gasteiger partial charge in [-0.15, -0.1) is 0 Å². The number of likely N-dealkylation sites (N-methyl/N-ethyl adjacent to an activating group) is 1. The second-order valence-corrected chi connectivity index (χ2v) is 7.00. The number of alkyl halides is 5. The molecule has 11 heteroatoms. The zero-order valence-electron chi connectivity index (χ0n) is 13.4. The number of nitrogens with zero attached hydrogens (tertiary/aromatic N) is 1. The Bertz CT molecular complexity index is 430. The molecule has 0 saturated carbocycles. The molecule has 0 spiro atoms. The molecule has 0 aliphatic heterocycles. The van der Waals surface area contributed by atoms with Crippen LogP contribution in [0, 0.1) is 0 Å². The molecule has 0 rings (SSSR count). The summed E-state index contributed by atoms with van der Waals surface area (Å²) in [7, 11) is 3.38. The molecule has 1 N–H and O–H groups in total. The van der Waals surface area contributed by atoms with Gasteiger partial charge in [0.05, 0.1) is 32.4 Å². The van der Waals surface area contributed by atoms with Gasteiger partial charge in [0.25, 0.3) is 0 Å². The van der Waals surface area contributed by atoms with Gasteiger partial charge < -0.3 is 19.7 Å². The maximum Gasteiger partial charge on any atom is 0.453 e. The highest BCUT2D eigenvalue weighted by Crippen LogP contribution is 2.38. The average Bonchev–Trinajstić information content (AvgIpc) is 2.37. The summed E-state index contributed by atoms with van der Waals surface area (Å²) < 4.78 is 61.2. The third-order valence-electron chi connectivity index (χ3n) is 3.03. The van der Waals surface area contributed by atoms with Crippen molar-refractivity contribution < 1.29 is 41.1 Å². The van der Waals surface area contributed by atoms with Gasteiger partial charge in [-0.3, -0.25) is 4.79 Å². The van der Waals surface area contributed by atoms with Gasteiger partial charge in [-0.2, -0.15) is 33.7 Å². The number of nitrogens with one attached hydrogen (secondary N) is 1. The molecule has 0 bridgehead atoms. The highest BCUT2D eigenvalue weighted by molar-refractivity contribution is 7.99. The summed E-state index contributed by atoms with van der Waals surface area (Å²) in [6, 6.07) is 0. The Hall–Kier alpha value is -1.10. The molecule has 0 saturated heterocycles. The first-order valence-corrected chi connectivity index (χ1v) is 8.23. The quantitative estimate of drug-likeness (QED) is 0.325. The van der Waals surface area contributed by atoms with Crippen LogP contribution in [-0.4, -0.2) is 73.7 Å². The Morgan fingerprint density at radius 3 is 2.25 bits per heavy atom. The van der Waals surface area contributed by atoms with Gasteiger partial charge >= 0.3 is 12.1 Å². The van der Waals surface area contributed by atoms with Gasteiger partial charge in [0.2, 0.25) is 5.91 Å². The van der Waals surface area contributed by atoms with E-state index >= 15 is 0 Å². The van der Waals surface area contributed by atoms with E-state index in [4.69, 9.17) is 0 Å². The third-order valence-corrected chi connectivity index (χ3v) is 3.99. The third kappa shape index (κ3) is 9.91. The number of quaternary nitrogens is 1. The molecule has 0 aliphatic rings. The number of hydrogen-bond donors (Lipinski definition) is 1. The van der Waals surface area contributed by atoms with Crippen LogP contribution in [0.15, 0.2) is 0 Å². The van der Waals surface area contributed by atoms with E-state index in [1.807, 2.05) is 0 Å². The first-order chi connectivity index (χ1) is 10.8. The molecule has 24 heavy (non-hydrogen) atoms. The van der Waals surface area contributed by atoms with Crippen molar-refractivity contribution in [2.75, 3.05) is 45.2 Å². The predicted octanol–water partition coefficient (Wildman–Crippen LogP) is 0.640. The van der Waals surface area contributed by atoms with E-state index in [2.05, 4.69) is 5.32 Å². The van der Waals surface area contributed by atoms with Gasteiger partial charge in [-0.05, 0) is 5.75 Å². The fourth-order valence-corrected chi connectivity index (χ4v) is 2.55. The van der Waals surface area contributed by atoms with Crippen LogP contribution in [0.4, 0.5) is 22.0 Å². The number of carboxylic acids is 1. The van der Waals surface area contributed by atoms with Crippen LogP contribution in [-0.2, 0) is 9.59 Å². The number of amides is 1. The SMILES string of the molecule is C[N+](C)(CCCNC(=O)CSCCC(F)(F)C(F)(F)F)CC(=O)[O-]. The van der Waals surface area contributed by atoms with Crippen molar-refractivity contribution >= 4 is 23.6 Å². The molecule has 0 aliphatic carbocycles. The summed E-state index contributed by atoms with van der Waals surface area (Å²) >= 11 is 0.694. The second-order valence-electron chi connectivity index (χ2n) is 5.90. The van der Waals surface area contributed by atoms with E-state index in [0.29, 0.717) is 24.7 Å². The van der Waals surface area contributed by atoms with Crippen LogP contribution >= 0.6 is 11.8 Å². The number of halogens is 5. The molecule has 0 heterocycles. The summed E-state index contributed by atoms with van der Waals surface area (Å²) in [4.78, 5) is 21.9. The second kappa shape index (κ2) is 9.40. The standard InChI is InChI=1S/C13H21F5N2O3S/c1-20(2,8-11(22)23)6-3-5-19-10(21)9-24-7-4-12(14,15)13(16,17)18/h3-9H2,1-2H3,(H-,19,21,22,23). The molecule has 0 radical (unpaired) electrons. The van der Waals surface area contributed by atoms with Crippen LogP contribution in [0.1, 0.15) is 12.8 Å². The van der Waals surface area contributed by atoms with Crippen LogP contribution < -0.4 is 10.4 Å². The highest BCUT2D eigenvalue weighted by atomic mass is 32.2. The Morgan fingerprint density at radius 1 is 1.17 bits per heavy atom. The minimum atomic E-state index is -5.58. The molecule has 0 aromatic heterocycles. The molecule has 0 fully saturated rings. The van der Waals surface area contributed by atoms with Crippen LogP contribution in [0.3, 0.4) is 0 Å². The zero-order valence-corrected chi connectivity index (χ0v) is 14.2. The van der Waals surface area contributed by atoms with Crippen molar-refractivity contribution in [2.45, 2.75) is 24.9 Å². The van der Waals surface area contributed by atoms with Crippen molar-refractivity contribution in [2.24, 2.45) is 0 Å². The fraction of sp³-hybridized carbons (Fsp3) is 0.846. The van der Waals surface area contributed by atoms with Gasteiger partial charge in [0.15, 0.2) is 0 Å². The number of carboxylic acid groups (broad SMARTS) is 1. The lowest BCUT2D eigenvalue weighted by Crippen LogP contribution is -2.49. The number of carbonyl (C=O) groups is 2. The largest absolute Gasteiger partial charge is 0.544 e. The molecule has 5 nitrogen and oxygen atoms in total.